The van der Waals surface area contributed by atoms with E-state index >= 15 is 0 Å². The molecule has 5 rings (SSSR count). The zero-order valence-electron chi connectivity index (χ0n) is 20.2. The number of rotatable bonds is 6. The first-order chi connectivity index (χ1) is 17.0. The zero-order chi connectivity index (χ0) is 24.5. The van der Waals surface area contributed by atoms with Crippen molar-refractivity contribution >= 4 is 23.2 Å². The Morgan fingerprint density at radius 3 is 2.20 bits per heavy atom. The van der Waals surface area contributed by atoms with E-state index in [1.165, 1.54) is 0 Å². The number of benzene rings is 2. The lowest BCUT2D eigenvalue weighted by Gasteiger charge is -2.43. The largest absolute Gasteiger partial charge is 0.493 e. The van der Waals surface area contributed by atoms with E-state index in [2.05, 4.69) is 11.8 Å². The van der Waals surface area contributed by atoms with Crippen molar-refractivity contribution < 1.29 is 19.1 Å². The highest BCUT2D eigenvalue weighted by atomic mass is 35.5. The van der Waals surface area contributed by atoms with Gasteiger partial charge in [0.05, 0.1) is 7.11 Å². The van der Waals surface area contributed by atoms with Crippen molar-refractivity contribution in [2.75, 3.05) is 13.7 Å². The molecule has 0 spiro atoms. The topological polar surface area (TPSA) is 55.8 Å². The summed E-state index contributed by atoms with van der Waals surface area (Å²) < 4.78 is 11.7. The van der Waals surface area contributed by atoms with E-state index in [0.29, 0.717) is 36.0 Å². The van der Waals surface area contributed by atoms with Gasteiger partial charge in [-0.2, -0.15) is 0 Å². The van der Waals surface area contributed by atoms with Gasteiger partial charge in [0.15, 0.2) is 23.1 Å². The first-order valence-electron chi connectivity index (χ1n) is 12.4. The van der Waals surface area contributed by atoms with Gasteiger partial charge in [-0.3, -0.25) is 9.59 Å². The fraction of sp³-hybridized carbons (Fsp3) is 0.379. The van der Waals surface area contributed by atoms with Crippen LogP contribution in [-0.4, -0.2) is 30.1 Å². The van der Waals surface area contributed by atoms with Crippen molar-refractivity contribution in [2.24, 2.45) is 0 Å². The summed E-state index contributed by atoms with van der Waals surface area (Å²) >= 11 is 6.10. The summed E-state index contributed by atoms with van der Waals surface area (Å²) in [6.45, 7) is 3.22. The maximum Gasteiger partial charge on any atom is 0.161 e. The van der Waals surface area contributed by atoms with Crippen molar-refractivity contribution in [1.29, 1.82) is 0 Å². The Bertz CT molecular complexity index is 1200. The molecular weight excluding hydrogens is 462 g/mol. The third-order valence-corrected chi connectivity index (χ3v) is 7.44. The van der Waals surface area contributed by atoms with Crippen LogP contribution < -0.4 is 9.47 Å². The summed E-state index contributed by atoms with van der Waals surface area (Å²) in [5.74, 6) is 1.15. The number of carbonyl (C=O) groups is 2. The normalized spacial score (nSPS) is 18.5. The first-order valence-corrected chi connectivity index (χ1v) is 12.7. The summed E-state index contributed by atoms with van der Waals surface area (Å²) in [4.78, 5) is 28.8. The quantitative estimate of drug-likeness (QED) is 0.470. The van der Waals surface area contributed by atoms with Crippen molar-refractivity contribution in [3.63, 3.8) is 0 Å². The monoisotopic (exact) mass is 491 g/mol. The molecule has 182 valence electrons. The Labute approximate surface area is 211 Å². The van der Waals surface area contributed by atoms with Gasteiger partial charge in [-0.05, 0) is 68.0 Å². The predicted molar refractivity (Wildman–Crippen MR) is 136 cm³/mol. The smallest absolute Gasteiger partial charge is 0.161 e. The molecule has 0 saturated carbocycles. The molecule has 0 atom stereocenters. The lowest BCUT2D eigenvalue weighted by Crippen LogP contribution is -2.39. The number of halogens is 1. The van der Waals surface area contributed by atoms with Gasteiger partial charge in [0, 0.05) is 52.9 Å². The Morgan fingerprint density at radius 1 is 0.914 bits per heavy atom. The summed E-state index contributed by atoms with van der Waals surface area (Å²) in [5, 5.41) is 0.661. The third-order valence-electron chi connectivity index (χ3n) is 7.21. The molecule has 0 fully saturated rings. The number of nitrogens with zero attached hydrogens (tertiary/aromatic N) is 1. The predicted octanol–water partition coefficient (Wildman–Crippen LogP) is 6.36. The highest BCUT2D eigenvalue weighted by Crippen LogP contribution is 2.49. The second kappa shape index (κ2) is 9.90. The number of ketones is 2. The summed E-state index contributed by atoms with van der Waals surface area (Å²) in [5.41, 5.74) is 5.65. The number of Topliss-reactive ketones (excluding diaryl/α,β-unsaturated/α-hetero) is 2. The van der Waals surface area contributed by atoms with E-state index < -0.39 is 0 Å². The van der Waals surface area contributed by atoms with Crippen LogP contribution in [0.5, 0.6) is 11.5 Å². The number of hydrogen-bond donors (Lipinski definition) is 0. The molecule has 0 bridgehead atoms. The summed E-state index contributed by atoms with van der Waals surface area (Å²) in [6.07, 6.45) is 4.51. The molecule has 2 aromatic rings. The molecule has 3 aliphatic rings. The molecule has 0 radical (unpaired) electrons. The standard InChI is InChI=1S/C29H30ClNO4/c1-3-31-21-9-5-11-23(32)28(21)27(29-22(31)10-6-12-24(29)33)19-13-14-25(26(16-19)34-2)35-17-18-7-4-8-20(30)15-18/h4,7-8,13-16,27H,3,5-6,9-12,17H2,1-2H3. The van der Waals surface area contributed by atoms with Gasteiger partial charge in [0.25, 0.3) is 0 Å². The van der Waals surface area contributed by atoms with Gasteiger partial charge in [0.1, 0.15) is 6.61 Å². The van der Waals surface area contributed by atoms with Crippen LogP contribution in [0.1, 0.15) is 62.5 Å². The van der Waals surface area contributed by atoms with Crippen molar-refractivity contribution in [3.05, 3.63) is 81.2 Å². The lowest BCUT2D eigenvalue weighted by atomic mass is 9.71. The molecule has 5 nitrogen and oxygen atoms in total. The van der Waals surface area contributed by atoms with E-state index in [4.69, 9.17) is 21.1 Å². The van der Waals surface area contributed by atoms with Crippen LogP contribution in [0.2, 0.25) is 5.02 Å². The number of ether oxygens (including phenoxy) is 2. The van der Waals surface area contributed by atoms with E-state index in [0.717, 1.165) is 65.9 Å². The van der Waals surface area contributed by atoms with Crippen LogP contribution in [0, 0.1) is 0 Å². The second-order valence-electron chi connectivity index (χ2n) is 9.28. The third kappa shape index (κ3) is 4.38. The van der Waals surface area contributed by atoms with Gasteiger partial charge in [0.2, 0.25) is 0 Å². The number of methoxy groups -OCH3 is 1. The van der Waals surface area contributed by atoms with Crippen molar-refractivity contribution in [3.8, 4) is 11.5 Å². The van der Waals surface area contributed by atoms with Crippen LogP contribution in [0.15, 0.2) is 65.0 Å². The van der Waals surface area contributed by atoms with Gasteiger partial charge in [-0.15, -0.1) is 0 Å². The minimum Gasteiger partial charge on any atom is -0.493 e. The molecule has 1 heterocycles. The Kier molecular flexibility index (Phi) is 6.70. The van der Waals surface area contributed by atoms with Crippen molar-refractivity contribution in [1.82, 2.24) is 4.90 Å². The number of hydrogen-bond acceptors (Lipinski definition) is 5. The molecular formula is C29H30ClNO4. The Balaban J connectivity index is 1.55. The van der Waals surface area contributed by atoms with Crippen LogP contribution in [0.25, 0.3) is 0 Å². The highest BCUT2D eigenvalue weighted by molar-refractivity contribution is 6.30. The fourth-order valence-corrected chi connectivity index (χ4v) is 5.92. The number of allylic oxidation sites excluding steroid dienone is 4. The molecule has 35 heavy (non-hydrogen) atoms. The zero-order valence-corrected chi connectivity index (χ0v) is 21.0. The van der Waals surface area contributed by atoms with Crippen LogP contribution in [-0.2, 0) is 16.2 Å². The van der Waals surface area contributed by atoms with Gasteiger partial charge in [-0.25, -0.2) is 0 Å². The average Bonchev–Trinajstić information content (AvgIpc) is 2.86. The lowest BCUT2D eigenvalue weighted by molar-refractivity contribution is -0.117. The molecule has 0 N–H and O–H groups in total. The fourth-order valence-electron chi connectivity index (χ4n) is 5.70. The minimum atomic E-state index is -0.348. The second-order valence-corrected chi connectivity index (χ2v) is 9.72. The maximum atomic E-state index is 13.3. The molecule has 0 aromatic heterocycles. The Hall–Kier alpha value is -3.05. The molecule has 1 aliphatic heterocycles. The van der Waals surface area contributed by atoms with E-state index in [9.17, 15) is 9.59 Å². The van der Waals surface area contributed by atoms with E-state index in [1.807, 2.05) is 42.5 Å². The van der Waals surface area contributed by atoms with Crippen LogP contribution in [0.3, 0.4) is 0 Å². The van der Waals surface area contributed by atoms with E-state index in [1.54, 1.807) is 7.11 Å². The number of carbonyl (C=O) groups excluding carboxylic acids is 2. The SMILES string of the molecule is CCN1C2=C(C(=O)CCC2)C(c2ccc(OCc3cccc(Cl)c3)c(OC)c2)C2=C1CCCC2=O. The van der Waals surface area contributed by atoms with Crippen molar-refractivity contribution in [2.45, 2.75) is 58.0 Å². The maximum absolute atomic E-state index is 13.3. The van der Waals surface area contributed by atoms with Gasteiger partial charge >= 0.3 is 0 Å². The Morgan fingerprint density at radius 2 is 1.60 bits per heavy atom. The summed E-state index contributed by atoms with van der Waals surface area (Å²) in [7, 11) is 1.61. The van der Waals surface area contributed by atoms with Gasteiger partial charge < -0.3 is 14.4 Å². The molecule has 2 aliphatic carbocycles. The molecule has 2 aromatic carbocycles. The molecule has 0 unspecified atom stereocenters. The highest BCUT2D eigenvalue weighted by Gasteiger charge is 2.43. The first kappa shape index (κ1) is 23.7. The molecule has 0 amide bonds. The summed E-state index contributed by atoms with van der Waals surface area (Å²) in [6, 6.07) is 13.3. The molecule has 0 saturated heterocycles. The average molecular weight is 492 g/mol. The van der Waals surface area contributed by atoms with E-state index in [-0.39, 0.29) is 17.5 Å². The van der Waals surface area contributed by atoms with Gasteiger partial charge in [-0.1, -0.05) is 29.8 Å². The molecule has 6 heteroatoms. The van der Waals surface area contributed by atoms with Crippen LogP contribution >= 0.6 is 11.6 Å². The van der Waals surface area contributed by atoms with Crippen LogP contribution in [0.4, 0.5) is 0 Å². The minimum absolute atomic E-state index is 0.153.